The third-order valence-corrected chi connectivity index (χ3v) is 3.19. The zero-order valence-electron chi connectivity index (χ0n) is 8.52. The number of nitrogens with one attached hydrogen (secondary N) is 1. The highest BCUT2D eigenvalue weighted by Gasteiger charge is 2.02. The molecule has 0 aliphatic heterocycles. The lowest BCUT2D eigenvalue weighted by Gasteiger charge is -2.02. The van der Waals surface area contributed by atoms with Gasteiger partial charge in [-0.3, -0.25) is 4.40 Å². The van der Waals surface area contributed by atoms with Crippen LogP contribution in [-0.4, -0.2) is 34.2 Å². The lowest BCUT2D eigenvalue weighted by atomic mass is 10.3. The van der Waals surface area contributed by atoms with Crippen LogP contribution < -0.4 is 5.32 Å². The molecule has 0 radical (unpaired) electrons. The third kappa shape index (κ3) is 2.56. The molecule has 0 spiro atoms. The highest BCUT2D eigenvalue weighted by Crippen LogP contribution is 2.14. The van der Waals surface area contributed by atoms with E-state index in [1.54, 1.807) is 11.3 Å². The van der Waals surface area contributed by atoms with E-state index in [4.69, 9.17) is 5.11 Å². The van der Waals surface area contributed by atoms with Crippen molar-refractivity contribution in [1.82, 2.24) is 14.7 Å². The van der Waals surface area contributed by atoms with Crippen LogP contribution in [-0.2, 0) is 6.42 Å². The van der Waals surface area contributed by atoms with Crippen molar-refractivity contribution >= 4 is 16.3 Å². The first-order chi connectivity index (χ1) is 7.42. The Bertz CT molecular complexity index is 409. The quantitative estimate of drug-likeness (QED) is 0.718. The molecule has 0 atom stereocenters. The van der Waals surface area contributed by atoms with Gasteiger partial charge in [0.15, 0.2) is 4.96 Å². The van der Waals surface area contributed by atoms with Gasteiger partial charge < -0.3 is 10.4 Å². The van der Waals surface area contributed by atoms with Crippen molar-refractivity contribution in [2.24, 2.45) is 0 Å². The molecule has 2 aromatic heterocycles. The number of aliphatic hydroxyl groups is 1. The molecule has 0 aliphatic carbocycles. The Morgan fingerprint density at radius 2 is 2.40 bits per heavy atom. The first-order valence-corrected chi connectivity index (χ1v) is 6.01. The van der Waals surface area contributed by atoms with Gasteiger partial charge in [-0.25, -0.2) is 4.98 Å². The minimum absolute atomic E-state index is 0.261. The fourth-order valence-corrected chi connectivity index (χ4v) is 2.38. The van der Waals surface area contributed by atoms with E-state index in [1.165, 1.54) is 5.69 Å². The smallest absolute Gasteiger partial charge is 0.193 e. The van der Waals surface area contributed by atoms with Gasteiger partial charge in [0, 0.05) is 43.0 Å². The molecule has 15 heavy (non-hydrogen) atoms. The van der Waals surface area contributed by atoms with Crippen molar-refractivity contribution in [3.05, 3.63) is 23.5 Å². The minimum atomic E-state index is 0.261. The second-order valence-corrected chi connectivity index (χ2v) is 4.22. The van der Waals surface area contributed by atoms with Crippen LogP contribution in [0.5, 0.6) is 0 Å². The van der Waals surface area contributed by atoms with Crippen molar-refractivity contribution in [2.45, 2.75) is 12.8 Å². The lowest BCUT2D eigenvalue weighted by Crippen LogP contribution is -2.19. The molecule has 0 saturated heterocycles. The molecule has 0 saturated carbocycles. The van der Waals surface area contributed by atoms with Gasteiger partial charge >= 0.3 is 0 Å². The molecule has 2 rings (SSSR count). The fourth-order valence-electron chi connectivity index (χ4n) is 1.50. The van der Waals surface area contributed by atoms with Crippen molar-refractivity contribution in [2.75, 3.05) is 19.7 Å². The average molecular weight is 225 g/mol. The maximum Gasteiger partial charge on any atom is 0.193 e. The standard InChI is InChI=1S/C10H15N3OS/c14-7-1-3-11-4-2-9-8-15-10-12-5-6-13(9)10/h5-6,8,11,14H,1-4,7H2. The highest BCUT2D eigenvalue weighted by molar-refractivity contribution is 7.15. The lowest BCUT2D eigenvalue weighted by molar-refractivity contribution is 0.286. The third-order valence-electron chi connectivity index (χ3n) is 2.29. The van der Waals surface area contributed by atoms with E-state index >= 15 is 0 Å². The molecular weight excluding hydrogens is 210 g/mol. The largest absolute Gasteiger partial charge is 0.396 e. The Morgan fingerprint density at radius 3 is 3.27 bits per heavy atom. The van der Waals surface area contributed by atoms with Crippen molar-refractivity contribution in [3.63, 3.8) is 0 Å². The molecule has 0 bridgehead atoms. The van der Waals surface area contributed by atoms with Crippen LogP contribution in [0.25, 0.3) is 4.96 Å². The number of hydrogen-bond donors (Lipinski definition) is 2. The summed E-state index contributed by atoms with van der Waals surface area (Å²) in [5.74, 6) is 0. The van der Waals surface area contributed by atoms with Crippen molar-refractivity contribution in [3.8, 4) is 0 Å². The maximum absolute atomic E-state index is 8.61. The summed E-state index contributed by atoms with van der Waals surface area (Å²) < 4.78 is 2.12. The molecule has 82 valence electrons. The van der Waals surface area contributed by atoms with Crippen LogP contribution in [0.2, 0.25) is 0 Å². The number of rotatable bonds is 6. The van der Waals surface area contributed by atoms with E-state index in [9.17, 15) is 0 Å². The topological polar surface area (TPSA) is 49.6 Å². The molecular formula is C10H15N3OS. The van der Waals surface area contributed by atoms with Crippen LogP contribution in [0.3, 0.4) is 0 Å². The Kier molecular flexibility index (Phi) is 3.71. The van der Waals surface area contributed by atoms with E-state index < -0.39 is 0 Å². The Morgan fingerprint density at radius 1 is 1.47 bits per heavy atom. The van der Waals surface area contributed by atoms with Crippen molar-refractivity contribution in [1.29, 1.82) is 0 Å². The fraction of sp³-hybridized carbons (Fsp3) is 0.500. The van der Waals surface area contributed by atoms with E-state index in [0.29, 0.717) is 0 Å². The van der Waals surface area contributed by atoms with E-state index in [-0.39, 0.29) is 6.61 Å². The molecule has 0 amide bonds. The van der Waals surface area contributed by atoms with E-state index in [0.717, 1.165) is 30.9 Å². The normalized spacial score (nSPS) is 11.3. The van der Waals surface area contributed by atoms with Crippen molar-refractivity contribution < 1.29 is 5.11 Å². The zero-order valence-corrected chi connectivity index (χ0v) is 9.33. The van der Waals surface area contributed by atoms with Crippen LogP contribution in [0.15, 0.2) is 17.8 Å². The number of imidazole rings is 1. The second kappa shape index (κ2) is 5.25. The zero-order chi connectivity index (χ0) is 10.5. The van der Waals surface area contributed by atoms with Gasteiger partial charge in [-0.05, 0) is 13.0 Å². The summed E-state index contributed by atoms with van der Waals surface area (Å²) >= 11 is 1.67. The first kappa shape index (κ1) is 10.6. The second-order valence-electron chi connectivity index (χ2n) is 3.38. The number of aromatic nitrogens is 2. The van der Waals surface area contributed by atoms with E-state index in [2.05, 4.69) is 20.1 Å². The maximum atomic E-state index is 8.61. The molecule has 0 fully saturated rings. The number of fused-ring (bicyclic) bond motifs is 1. The average Bonchev–Trinajstić information content (AvgIpc) is 2.81. The summed E-state index contributed by atoms with van der Waals surface area (Å²) in [4.78, 5) is 5.28. The highest BCUT2D eigenvalue weighted by atomic mass is 32.1. The van der Waals surface area contributed by atoms with Crippen LogP contribution in [0, 0.1) is 0 Å². The number of thiazole rings is 1. The molecule has 0 aromatic carbocycles. The van der Waals surface area contributed by atoms with Gasteiger partial charge in [-0.1, -0.05) is 0 Å². The summed E-state index contributed by atoms with van der Waals surface area (Å²) in [6, 6.07) is 0. The van der Waals surface area contributed by atoms with Gasteiger partial charge in [0.05, 0.1) is 0 Å². The van der Waals surface area contributed by atoms with Gasteiger partial charge in [-0.2, -0.15) is 0 Å². The summed E-state index contributed by atoms with van der Waals surface area (Å²) in [5.41, 5.74) is 1.30. The summed E-state index contributed by atoms with van der Waals surface area (Å²) in [6.45, 7) is 2.09. The number of hydrogen-bond acceptors (Lipinski definition) is 4. The molecule has 2 heterocycles. The van der Waals surface area contributed by atoms with E-state index in [1.807, 2.05) is 12.4 Å². The van der Waals surface area contributed by atoms with Crippen LogP contribution >= 0.6 is 11.3 Å². The summed E-state index contributed by atoms with van der Waals surface area (Å²) in [7, 11) is 0. The van der Waals surface area contributed by atoms with Gasteiger partial charge in [0.25, 0.3) is 0 Å². The molecule has 4 nitrogen and oxygen atoms in total. The summed E-state index contributed by atoms with van der Waals surface area (Å²) in [5, 5.41) is 14.1. The first-order valence-electron chi connectivity index (χ1n) is 5.13. The minimum Gasteiger partial charge on any atom is -0.396 e. The predicted molar refractivity (Wildman–Crippen MR) is 61.3 cm³/mol. The molecule has 0 unspecified atom stereocenters. The number of aliphatic hydroxyl groups excluding tert-OH is 1. The van der Waals surface area contributed by atoms with Gasteiger partial charge in [-0.15, -0.1) is 11.3 Å². The van der Waals surface area contributed by atoms with Gasteiger partial charge in [0.1, 0.15) is 0 Å². The van der Waals surface area contributed by atoms with Crippen LogP contribution in [0.4, 0.5) is 0 Å². The Balaban J connectivity index is 1.82. The molecule has 2 aromatic rings. The SMILES string of the molecule is OCCCNCCc1csc2nccn12. The Labute approximate surface area is 92.6 Å². The predicted octanol–water partition coefficient (Wildman–Crippen LogP) is 0.910. The monoisotopic (exact) mass is 225 g/mol. The Hall–Kier alpha value is -0.910. The molecule has 0 aliphatic rings. The molecule has 5 heteroatoms. The van der Waals surface area contributed by atoms with Crippen LogP contribution in [0.1, 0.15) is 12.1 Å². The summed E-state index contributed by atoms with van der Waals surface area (Å²) in [6.07, 6.45) is 5.65. The molecule has 2 N–H and O–H groups in total. The number of nitrogens with zero attached hydrogens (tertiary/aromatic N) is 2. The van der Waals surface area contributed by atoms with Gasteiger partial charge in [0.2, 0.25) is 0 Å².